The van der Waals surface area contributed by atoms with Crippen LogP contribution in [0, 0.1) is 5.92 Å². The highest BCUT2D eigenvalue weighted by Gasteiger charge is 2.41. The fourth-order valence-corrected chi connectivity index (χ4v) is 5.54. The molecule has 39 heavy (non-hydrogen) atoms. The van der Waals surface area contributed by atoms with Crippen LogP contribution in [-0.4, -0.2) is 40.8 Å². The summed E-state index contributed by atoms with van der Waals surface area (Å²) in [6.07, 6.45) is 2.50. The molecule has 0 saturated heterocycles. The maximum atomic E-state index is 14.0. The van der Waals surface area contributed by atoms with Gasteiger partial charge in [-0.3, -0.25) is 4.79 Å². The van der Waals surface area contributed by atoms with Gasteiger partial charge in [0.2, 0.25) is 5.75 Å². The van der Waals surface area contributed by atoms with E-state index in [0.29, 0.717) is 41.8 Å². The van der Waals surface area contributed by atoms with Gasteiger partial charge in [0.15, 0.2) is 23.0 Å². The highest BCUT2D eigenvalue weighted by atomic mass is 16.5. The van der Waals surface area contributed by atoms with Crippen molar-refractivity contribution in [1.82, 2.24) is 0 Å². The number of benzene rings is 3. The fourth-order valence-electron chi connectivity index (χ4n) is 5.54. The van der Waals surface area contributed by atoms with Crippen LogP contribution in [0.1, 0.15) is 36.4 Å². The molecule has 204 valence electrons. The van der Waals surface area contributed by atoms with E-state index in [4.69, 9.17) is 23.7 Å². The Labute approximate surface area is 228 Å². The summed E-state index contributed by atoms with van der Waals surface area (Å²) in [5.41, 5.74) is 4.42. The topological polar surface area (TPSA) is 87.3 Å². The Hall–Kier alpha value is -4.33. The van der Waals surface area contributed by atoms with E-state index >= 15 is 0 Å². The third kappa shape index (κ3) is 4.82. The molecule has 8 heteroatoms. The van der Waals surface area contributed by atoms with Crippen molar-refractivity contribution in [2.45, 2.75) is 25.3 Å². The van der Waals surface area contributed by atoms with Crippen molar-refractivity contribution in [3.63, 3.8) is 0 Å². The number of anilines is 2. The van der Waals surface area contributed by atoms with Gasteiger partial charge in [0.05, 0.1) is 58.4 Å². The summed E-state index contributed by atoms with van der Waals surface area (Å²) in [5.74, 6) is 2.40. The number of allylic oxidation sites excluding steroid dienone is 1. The fraction of sp³-hybridized carbons (Fsp3) is 0.323. The Kier molecular flexibility index (Phi) is 7.54. The highest BCUT2D eigenvalue weighted by molar-refractivity contribution is 5.91. The van der Waals surface area contributed by atoms with Gasteiger partial charge in [-0.15, -0.1) is 0 Å². The summed E-state index contributed by atoms with van der Waals surface area (Å²) < 4.78 is 28.3. The number of hydrogen-bond donors (Lipinski definition) is 2. The van der Waals surface area contributed by atoms with Crippen LogP contribution in [0.3, 0.4) is 0 Å². The van der Waals surface area contributed by atoms with Crippen LogP contribution in [-0.2, 0) is 4.79 Å². The zero-order valence-electron chi connectivity index (χ0n) is 22.9. The van der Waals surface area contributed by atoms with Crippen LogP contribution >= 0.6 is 0 Å². The van der Waals surface area contributed by atoms with Crippen LogP contribution in [0.2, 0.25) is 0 Å². The second-order valence-electron chi connectivity index (χ2n) is 9.44. The Morgan fingerprint density at radius 2 is 1.54 bits per heavy atom. The Bertz CT molecular complexity index is 1400. The van der Waals surface area contributed by atoms with Gasteiger partial charge < -0.3 is 34.3 Å². The number of hydrogen-bond acceptors (Lipinski definition) is 8. The van der Waals surface area contributed by atoms with E-state index in [0.717, 1.165) is 28.2 Å². The first-order chi connectivity index (χ1) is 19.0. The zero-order valence-corrected chi connectivity index (χ0v) is 22.9. The molecule has 2 aliphatic rings. The molecule has 0 saturated carbocycles. The molecule has 1 heterocycles. The molecule has 0 bridgehead atoms. The lowest BCUT2D eigenvalue weighted by atomic mass is 9.76. The van der Waals surface area contributed by atoms with Crippen molar-refractivity contribution in [1.29, 1.82) is 0 Å². The Balaban J connectivity index is 1.63. The number of nitrogens with one attached hydrogen (secondary N) is 2. The van der Waals surface area contributed by atoms with Gasteiger partial charge in [-0.1, -0.05) is 24.3 Å². The van der Waals surface area contributed by atoms with Gasteiger partial charge in [-0.25, -0.2) is 0 Å². The number of fused-ring (bicyclic) bond motifs is 2. The van der Waals surface area contributed by atoms with E-state index in [-0.39, 0.29) is 11.7 Å². The van der Waals surface area contributed by atoms with Gasteiger partial charge >= 0.3 is 0 Å². The van der Waals surface area contributed by atoms with E-state index in [9.17, 15) is 4.79 Å². The Morgan fingerprint density at radius 3 is 2.23 bits per heavy atom. The van der Waals surface area contributed by atoms with Crippen LogP contribution in [0.25, 0.3) is 0 Å². The maximum absolute atomic E-state index is 14.0. The molecule has 1 aliphatic carbocycles. The average molecular weight is 531 g/mol. The molecule has 8 nitrogen and oxygen atoms in total. The van der Waals surface area contributed by atoms with Gasteiger partial charge in [0.25, 0.3) is 0 Å². The Morgan fingerprint density at radius 1 is 0.821 bits per heavy atom. The third-order valence-corrected chi connectivity index (χ3v) is 7.32. The number of ether oxygens (including phenoxy) is 5. The number of carbonyl (C=O) groups is 1. The normalized spacial score (nSPS) is 19.8. The minimum atomic E-state index is -0.481. The van der Waals surface area contributed by atoms with Crippen molar-refractivity contribution in [3.8, 4) is 28.7 Å². The summed E-state index contributed by atoms with van der Waals surface area (Å²) in [5, 5.41) is 7.19. The lowest BCUT2D eigenvalue weighted by Gasteiger charge is -2.33. The number of Topliss-reactive ketones (excluding diaryl/α,β-unsaturated/α-hetero) is 1. The summed E-state index contributed by atoms with van der Waals surface area (Å²) >= 11 is 0. The summed E-state index contributed by atoms with van der Waals surface area (Å²) in [6, 6.07) is 17.2. The van der Waals surface area contributed by atoms with E-state index in [2.05, 4.69) is 16.7 Å². The number of para-hydroxylation sites is 2. The van der Waals surface area contributed by atoms with Crippen molar-refractivity contribution >= 4 is 17.2 Å². The van der Waals surface area contributed by atoms with Gasteiger partial charge in [-0.2, -0.15) is 0 Å². The second kappa shape index (κ2) is 11.2. The highest BCUT2D eigenvalue weighted by Crippen LogP contribution is 2.50. The molecule has 1 aliphatic heterocycles. The minimum absolute atomic E-state index is 0.111. The van der Waals surface area contributed by atoms with Crippen molar-refractivity contribution in [2.75, 3.05) is 45.7 Å². The number of carbonyl (C=O) groups excluding carboxylic acids is 1. The smallest absolute Gasteiger partial charge is 0.203 e. The molecule has 2 N–H and O–H groups in total. The standard InChI is InChI=1S/C31H34N2O6/c1-6-39-25-13-11-18(17-27(25)36-3)19-15-23-28(24(34)16-19)29(33-22-10-8-7-9-21(22)32-23)20-12-14-26(35-2)31(38-5)30(20)37-4/h7-15,17,19,28-29,32-33H,6,16H2,1-5H3. The van der Waals surface area contributed by atoms with E-state index in [1.54, 1.807) is 28.4 Å². The quantitative estimate of drug-likeness (QED) is 0.369. The molecular weight excluding hydrogens is 496 g/mol. The minimum Gasteiger partial charge on any atom is -0.493 e. The third-order valence-electron chi connectivity index (χ3n) is 7.32. The zero-order chi connectivity index (χ0) is 27.5. The first-order valence-corrected chi connectivity index (χ1v) is 13.0. The predicted molar refractivity (Wildman–Crippen MR) is 151 cm³/mol. The van der Waals surface area contributed by atoms with Gasteiger partial charge in [0.1, 0.15) is 5.78 Å². The lowest BCUT2D eigenvalue weighted by molar-refractivity contribution is -0.122. The molecule has 3 unspecified atom stereocenters. The predicted octanol–water partition coefficient (Wildman–Crippen LogP) is 5.96. The molecule has 5 rings (SSSR count). The SMILES string of the molecule is CCOc1ccc(C2C=C3Nc4ccccc4NC(c4ccc(OC)c(OC)c4OC)C3C(=O)C2)cc1OC. The molecule has 0 amide bonds. The molecule has 0 aromatic heterocycles. The molecular formula is C31H34N2O6. The largest absolute Gasteiger partial charge is 0.493 e. The van der Waals surface area contributed by atoms with Crippen molar-refractivity contribution in [3.05, 3.63) is 77.5 Å². The van der Waals surface area contributed by atoms with E-state index in [1.807, 2.05) is 61.5 Å². The van der Waals surface area contributed by atoms with Crippen LogP contribution in [0.4, 0.5) is 11.4 Å². The second-order valence-corrected chi connectivity index (χ2v) is 9.44. The molecule has 0 spiro atoms. The van der Waals surface area contributed by atoms with E-state index in [1.165, 1.54) is 0 Å². The van der Waals surface area contributed by atoms with E-state index < -0.39 is 12.0 Å². The maximum Gasteiger partial charge on any atom is 0.203 e. The van der Waals surface area contributed by atoms with Crippen molar-refractivity contribution < 1.29 is 28.5 Å². The monoisotopic (exact) mass is 530 g/mol. The lowest BCUT2D eigenvalue weighted by Crippen LogP contribution is -2.34. The number of ketones is 1. The first-order valence-electron chi connectivity index (χ1n) is 13.0. The molecule has 3 atom stereocenters. The molecule has 0 radical (unpaired) electrons. The van der Waals surface area contributed by atoms with Gasteiger partial charge in [-0.05, 0) is 48.9 Å². The van der Waals surface area contributed by atoms with Crippen LogP contribution < -0.4 is 34.3 Å². The number of rotatable bonds is 8. The van der Waals surface area contributed by atoms with Crippen molar-refractivity contribution in [2.24, 2.45) is 5.92 Å². The summed E-state index contributed by atoms with van der Waals surface area (Å²) in [4.78, 5) is 14.0. The molecule has 0 fully saturated rings. The molecule has 3 aromatic carbocycles. The van der Waals surface area contributed by atoms with Gasteiger partial charge in [0, 0.05) is 23.6 Å². The average Bonchev–Trinajstić information content (AvgIpc) is 3.13. The number of methoxy groups -OCH3 is 4. The molecule has 3 aromatic rings. The van der Waals surface area contributed by atoms with Crippen LogP contribution in [0.5, 0.6) is 28.7 Å². The van der Waals surface area contributed by atoms with Crippen LogP contribution in [0.15, 0.2) is 66.4 Å². The summed E-state index contributed by atoms with van der Waals surface area (Å²) in [6.45, 7) is 2.48. The summed E-state index contributed by atoms with van der Waals surface area (Å²) in [7, 11) is 6.38. The first kappa shape index (κ1) is 26.3.